The number of hydrogen-bond donors (Lipinski definition) is 1. The quantitative estimate of drug-likeness (QED) is 0.834. The lowest BCUT2D eigenvalue weighted by atomic mass is 10.0. The first-order valence-electron chi connectivity index (χ1n) is 5.19. The van der Waals surface area contributed by atoms with Crippen molar-refractivity contribution in [3.05, 3.63) is 58.3 Å². The maximum Gasteiger partial charge on any atom is 0.0298 e. The molecule has 1 atom stereocenters. The lowest BCUT2D eigenvalue weighted by Gasteiger charge is -2.10. The summed E-state index contributed by atoms with van der Waals surface area (Å²) in [6.45, 7) is 0. The zero-order valence-corrected chi connectivity index (χ0v) is 9.41. The van der Waals surface area contributed by atoms with Crippen LogP contribution in [0, 0.1) is 0 Å². The highest BCUT2D eigenvalue weighted by Gasteiger charge is 2.05. The van der Waals surface area contributed by atoms with E-state index in [2.05, 4.69) is 29.6 Å². The Morgan fingerprint density at radius 1 is 1.07 bits per heavy atom. The molecule has 1 heterocycles. The van der Waals surface area contributed by atoms with Gasteiger partial charge in [-0.3, -0.25) is 0 Å². The van der Waals surface area contributed by atoms with E-state index in [9.17, 15) is 0 Å². The molecule has 0 fully saturated rings. The minimum absolute atomic E-state index is 0.160. The van der Waals surface area contributed by atoms with Gasteiger partial charge in [0.15, 0.2) is 0 Å². The molecule has 0 saturated heterocycles. The van der Waals surface area contributed by atoms with Gasteiger partial charge in [-0.25, -0.2) is 0 Å². The molecule has 2 aromatic rings. The molecule has 0 saturated carbocycles. The number of nitrogens with two attached hydrogens (primary N) is 1. The molecule has 15 heavy (non-hydrogen) atoms. The molecular formula is C13H15NS. The zero-order chi connectivity index (χ0) is 10.5. The lowest BCUT2D eigenvalue weighted by molar-refractivity contribution is 0.655. The molecule has 1 aromatic carbocycles. The van der Waals surface area contributed by atoms with Gasteiger partial charge in [-0.2, -0.15) is 0 Å². The summed E-state index contributed by atoms with van der Waals surface area (Å²) < 4.78 is 0. The summed E-state index contributed by atoms with van der Waals surface area (Å²) in [6, 6.07) is 14.7. The average Bonchev–Trinajstić information content (AvgIpc) is 2.80. The van der Waals surface area contributed by atoms with Gasteiger partial charge in [0.2, 0.25) is 0 Å². The van der Waals surface area contributed by atoms with Gasteiger partial charge in [-0.05, 0) is 29.9 Å². The summed E-state index contributed by atoms with van der Waals surface area (Å²) in [5.74, 6) is 0. The van der Waals surface area contributed by atoms with Gasteiger partial charge in [-0.1, -0.05) is 36.4 Å². The van der Waals surface area contributed by atoms with Crippen LogP contribution in [0.2, 0.25) is 0 Å². The highest BCUT2D eigenvalue weighted by Crippen LogP contribution is 2.18. The second kappa shape index (κ2) is 5.10. The Bertz CT molecular complexity index is 380. The third kappa shape index (κ3) is 2.91. The van der Waals surface area contributed by atoms with E-state index in [4.69, 9.17) is 5.73 Å². The van der Waals surface area contributed by atoms with Crippen LogP contribution in [0.15, 0.2) is 47.8 Å². The van der Waals surface area contributed by atoms with Gasteiger partial charge in [-0.15, -0.1) is 11.3 Å². The van der Waals surface area contributed by atoms with E-state index >= 15 is 0 Å². The third-order valence-electron chi connectivity index (χ3n) is 2.51. The Hall–Kier alpha value is -1.12. The predicted octanol–water partition coefficient (Wildman–Crippen LogP) is 3.38. The Morgan fingerprint density at radius 3 is 2.53 bits per heavy atom. The molecule has 2 rings (SSSR count). The smallest absolute Gasteiger partial charge is 0.0298 e. The first-order valence-corrected chi connectivity index (χ1v) is 6.07. The maximum atomic E-state index is 6.12. The van der Waals surface area contributed by atoms with Crippen molar-refractivity contribution in [2.24, 2.45) is 5.73 Å². The topological polar surface area (TPSA) is 26.0 Å². The molecule has 2 N–H and O–H groups in total. The van der Waals surface area contributed by atoms with E-state index in [1.54, 1.807) is 11.3 Å². The van der Waals surface area contributed by atoms with Crippen LogP contribution >= 0.6 is 11.3 Å². The summed E-state index contributed by atoms with van der Waals surface area (Å²) in [6.07, 6.45) is 2.10. The molecule has 0 aliphatic carbocycles. The normalized spacial score (nSPS) is 12.6. The zero-order valence-electron chi connectivity index (χ0n) is 8.60. The first kappa shape index (κ1) is 10.4. The van der Waals surface area contributed by atoms with Gasteiger partial charge < -0.3 is 5.73 Å². The number of benzene rings is 1. The molecule has 0 spiro atoms. The molecule has 1 unspecified atom stereocenters. The van der Waals surface area contributed by atoms with E-state index < -0.39 is 0 Å². The van der Waals surface area contributed by atoms with Crippen molar-refractivity contribution in [2.75, 3.05) is 0 Å². The molecule has 0 bridgehead atoms. The van der Waals surface area contributed by atoms with Crippen molar-refractivity contribution in [3.8, 4) is 0 Å². The number of aryl methyl sites for hydroxylation is 1. The van der Waals surface area contributed by atoms with E-state index in [1.165, 1.54) is 10.4 Å². The third-order valence-corrected chi connectivity index (χ3v) is 3.45. The summed E-state index contributed by atoms with van der Waals surface area (Å²) in [7, 11) is 0. The van der Waals surface area contributed by atoms with E-state index in [-0.39, 0.29) is 6.04 Å². The molecular weight excluding hydrogens is 202 g/mol. The fourth-order valence-electron chi connectivity index (χ4n) is 1.62. The van der Waals surface area contributed by atoms with E-state index in [1.807, 2.05) is 18.2 Å². The second-order valence-electron chi connectivity index (χ2n) is 3.64. The fraction of sp³-hybridized carbons (Fsp3) is 0.231. The molecule has 0 aliphatic heterocycles. The van der Waals surface area contributed by atoms with Crippen LogP contribution in [0.5, 0.6) is 0 Å². The average molecular weight is 217 g/mol. The van der Waals surface area contributed by atoms with Gasteiger partial charge in [0, 0.05) is 10.9 Å². The van der Waals surface area contributed by atoms with E-state index in [0.717, 1.165) is 12.8 Å². The molecule has 0 aliphatic rings. The van der Waals surface area contributed by atoms with Crippen LogP contribution in [0.1, 0.15) is 22.9 Å². The number of rotatable bonds is 4. The monoisotopic (exact) mass is 217 g/mol. The molecule has 78 valence electrons. The predicted molar refractivity (Wildman–Crippen MR) is 66.0 cm³/mol. The van der Waals surface area contributed by atoms with Crippen molar-refractivity contribution in [3.63, 3.8) is 0 Å². The van der Waals surface area contributed by atoms with Crippen molar-refractivity contribution in [1.82, 2.24) is 0 Å². The van der Waals surface area contributed by atoms with Crippen molar-refractivity contribution in [2.45, 2.75) is 18.9 Å². The van der Waals surface area contributed by atoms with Crippen molar-refractivity contribution < 1.29 is 0 Å². The van der Waals surface area contributed by atoms with Crippen LogP contribution in [0.25, 0.3) is 0 Å². The fourth-order valence-corrected chi connectivity index (χ4v) is 2.34. The summed E-state index contributed by atoms with van der Waals surface area (Å²) in [4.78, 5) is 1.42. The number of hydrogen-bond acceptors (Lipinski definition) is 2. The molecule has 1 aromatic heterocycles. The second-order valence-corrected chi connectivity index (χ2v) is 4.67. The van der Waals surface area contributed by atoms with Crippen LogP contribution in [0.4, 0.5) is 0 Å². The molecule has 0 amide bonds. The highest BCUT2D eigenvalue weighted by molar-refractivity contribution is 7.09. The Kier molecular flexibility index (Phi) is 3.54. The molecule has 0 radical (unpaired) electrons. The van der Waals surface area contributed by atoms with Gasteiger partial charge >= 0.3 is 0 Å². The first-order chi connectivity index (χ1) is 7.36. The summed E-state index contributed by atoms with van der Waals surface area (Å²) in [5.41, 5.74) is 7.35. The Labute approximate surface area is 94.6 Å². The lowest BCUT2D eigenvalue weighted by Crippen LogP contribution is -2.10. The van der Waals surface area contributed by atoms with Gasteiger partial charge in [0.25, 0.3) is 0 Å². The minimum Gasteiger partial charge on any atom is -0.324 e. The standard InChI is InChI=1S/C13H15NS/c14-13(11-5-2-1-3-6-11)9-8-12-7-4-10-15-12/h1-7,10,13H,8-9,14H2. The van der Waals surface area contributed by atoms with Crippen LogP contribution < -0.4 is 5.73 Å². The van der Waals surface area contributed by atoms with Crippen molar-refractivity contribution >= 4 is 11.3 Å². The maximum absolute atomic E-state index is 6.12. The van der Waals surface area contributed by atoms with Gasteiger partial charge in [0.05, 0.1) is 0 Å². The van der Waals surface area contributed by atoms with Crippen LogP contribution in [-0.4, -0.2) is 0 Å². The largest absolute Gasteiger partial charge is 0.324 e. The van der Waals surface area contributed by atoms with Crippen LogP contribution in [0.3, 0.4) is 0 Å². The van der Waals surface area contributed by atoms with Gasteiger partial charge in [0.1, 0.15) is 0 Å². The highest BCUT2D eigenvalue weighted by atomic mass is 32.1. The Balaban J connectivity index is 1.90. The minimum atomic E-state index is 0.160. The number of thiophene rings is 1. The van der Waals surface area contributed by atoms with Crippen LogP contribution in [-0.2, 0) is 6.42 Å². The SMILES string of the molecule is NC(CCc1cccs1)c1ccccc1. The molecule has 2 heteroatoms. The Morgan fingerprint density at radius 2 is 1.87 bits per heavy atom. The summed E-state index contributed by atoms with van der Waals surface area (Å²) >= 11 is 1.80. The van der Waals surface area contributed by atoms with E-state index in [0.29, 0.717) is 0 Å². The van der Waals surface area contributed by atoms with Crippen molar-refractivity contribution in [1.29, 1.82) is 0 Å². The molecule has 1 nitrogen and oxygen atoms in total. The summed E-state index contributed by atoms with van der Waals surface area (Å²) in [5, 5.41) is 2.11.